The van der Waals surface area contributed by atoms with Crippen molar-refractivity contribution < 1.29 is 0 Å². The largest absolute Gasteiger partial charge is 0.0619 e. The van der Waals surface area contributed by atoms with Crippen molar-refractivity contribution in [2.75, 3.05) is 0 Å². The van der Waals surface area contributed by atoms with Crippen LogP contribution in [0.4, 0.5) is 0 Å². The summed E-state index contributed by atoms with van der Waals surface area (Å²) < 4.78 is 0. The molecule has 9 rings (SSSR count). The molecule has 0 unspecified atom stereocenters. The second kappa shape index (κ2) is 9.05. The number of fused-ring (bicyclic) bond motifs is 8. The van der Waals surface area contributed by atoms with Gasteiger partial charge in [-0.3, -0.25) is 0 Å². The quantitative estimate of drug-likeness (QED) is 0.180. The Bertz CT molecular complexity index is 2380. The highest BCUT2D eigenvalue weighted by molar-refractivity contribution is 6.22. The summed E-state index contributed by atoms with van der Waals surface area (Å²) in [7, 11) is 0. The molecule has 2 aliphatic rings. The van der Waals surface area contributed by atoms with Gasteiger partial charge in [0.2, 0.25) is 0 Å². The van der Waals surface area contributed by atoms with Crippen molar-refractivity contribution in [2.45, 2.75) is 45.4 Å². The molecule has 0 atom stereocenters. The Morgan fingerprint density at radius 2 is 0.933 bits per heavy atom. The Labute approximate surface area is 266 Å². The van der Waals surface area contributed by atoms with Gasteiger partial charge in [-0.05, 0) is 101 Å². The van der Waals surface area contributed by atoms with Crippen LogP contribution >= 0.6 is 0 Å². The summed E-state index contributed by atoms with van der Waals surface area (Å²) in [6.45, 7) is 11.8. The maximum atomic E-state index is 2.48. The monoisotopic (exact) mass is 576 g/mol. The summed E-state index contributed by atoms with van der Waals surface area (Å²) in [5.74, 6) is 0. The zero-order chi connectivity index (χ0) is 30.7. The summed E-state index contributed by atoms with van der Waals surface area (Å²) in [4.78, 5) is 0. The molecular weight excluding hydrogens is 540 g/mol. The van der Waals surface area contributed by atoms with E-state index in [1.54, 1.807) is 0 Å². The van der Waals surface area contributed by atoms with E-state index in [4.69, 9.17) is 0 Å². The standard InChI is InChI=1S/C45H36/c1-27-21-23-34-37(25-27)42(36-18-12-17-35-30-14-9-11-20-39(30)45(4,5)43(35)36)33-16-7-6-15-32(33)41(34)28-22-24-31-29-13-8-10-19-38(29)44(2,3)40(31)26-28/h6-26H,1-5H3. The van der Waals surface area contributed by atoms with Crippen molar-refractivity contribution in [1.29, 1.82) is 0 Å². The maximum absolute atomic E-state index is 2.48. The number of aryl methyl sites for hydroxylation is 1. The van der Waals surface area contributed by atoms with Crippen LogP contribution in [0.3, 0.4) is 0 Å². The van der Waals surface area contributed by atoms with Crippen LogP contribution in [-0.2, 0) is 10.8 Å². The number of hydrogen-bond acceptors (Lipinski definition) is 0. The van der Waals surface area contributed by atoms with E-state index in [1.165, 1.54) is 93.9 Å². The van der Waals surface area contributed by atoms with Crippen molar-refractivity contribution in [3.05, 3.63) is 155 Å². The van der Waals surface area contributed by atoms with Crippen LogP contribution < -0.4 is 0 Å². The zero-order valence-electron chi connectivity index (χ0n) is 26.6. The minimum absolute atomic E-state index is 0.0464. The molecule has 0 amide bonds. The Balaban J connectivity index is 1.37. The van der Waals surface area contributed by atoms with E-state index in [0.717, 1.165) is 0 Å². The van der Waals surface area contributed by atoms with Crippen LogP contribution in [0, 0.1) is 6.92 Å². The van der Waals surface area contributed by atoms with Gasteiger partial charge in [0, 0.05) is 10.8 Å². The molecule has 0 N–H and O–H groups in total. The second-order valence-electron chi connectivity index (χ2n) is 14.2. The topological polar surface area (TPSA) is 0 Å². The van der Waals surface area contributed by atoms with Gasteiger partial charge in [0.25, 0.3) is 0 Å². The Morgan fingerprint density at radius 1 is 0.378 bits per heavy atom. The molecule has 7 aromatic carbocycles. The first-order chi connectivity index (χ1) is 21.8. The molecule has 0 aromatic heterocycles. The van der Waals surface area contributed by atoms with Gasteiger partial charge in [-0.1, -0.05) is 155 Å². The molecule has 2 aliphatic carbocycles. The van der Waals surface area contributed by atoms with E-state index >= 15 is 0 Å². The smallest absolute Gasteiger partial charge is 0.0165 e. The molecule has 0 heterocycles. The van der Waals surface area contributed by atoms with E-state index in [-0.39, 0.29) is 10.8 Å². The molecule has 0 fully saturated rings. The normalized spacial score (nSPS) is 15.1. The van der Waals surface area contributed by atoms with Crippen molar-refractivity contribution in [1.82, 2.24) is 0 Å². The van der Waals surface area contributed by atoms with Crippen LogP contribution in [-0.4, -0.2) is 0 Å². The van der Waals surface area contributed by atoms with Crippen molar-refractivity contribution >= 4 is 21.5 Å². The molecule has 0 heteroatoms. The van der Waals surface area contributed by atoms with Gasteiger partial charge in [-0.25, -0.2) is 0 Å². The van der Waals surface area contributed by atoms with Gasteiger partial charge in [0.1, 0.15) is 0 Å². The lowest BCUT2D eigenvalue weighted by Gasteiger charge is -2.26. The molecule has 216 valence electrons. The zero-order valence-corrected chi connectivity index (χ0v) is 26.6. The first kappa shape index (κ1) is 26.5. The summed E-state index contributed by atoms with van der Waals surface area (Å²) in [6.07, 6.45) is 0. The first-order valence-corrected chi connectivity index (χ1v) is 16.2. The molecule has 0 spiro atoms. The lowest BCUT2D eigenvalue weighted by atomic mass is 9.76. The van der Waals surface area contributed by atoms with Gasteiger partial charge in [0.15, 0.2) is 0 Å². The first-order valence-electron chi connectivity index (χ1n) is 16.2. The summed E-state index contributed by atoms with van der Waals surface area (Å²) >= 11 is 0. The van der Waals surface area contributed by atoms with E-state index in [9.17, 15) is 0 Å². The lowest BCUT2D eigenvalue weighted by Crippen LogP contribution is -2.16. The summed E-state index contributed by atoms with van der Waals surface area (Å²) in [5.41, 5.74) is 17.6. The highest BCUT2D eigenvalue weighted by Gasteiger charge is 2.38. The van der Waals surface area contributed by atoms with E-state index in [0.29, 0.717) is 0 Å². The molecule has 0 saturated carbocycles. The van der Waals surface area contributed by atoms with Crippen LogP contribution in [0.15, 0.2) is 127 Å². The van der Waals surface area contributed by atoms with Gasteiger partial charge < -0.3 is 0 Å². The van der Waals surface area contributed by atoms with Gasteiger partial charge in [-0.2, -0.15) is 0 Å². The van der Waals surface area contributed by atoms with E-state index < -0.39 is 0 Å². The molecular formula is C45H36. The Kier molecular flexibility index (Phi) is 5.32. The van der Waals surface area contributed by atoms with E-state index in [2.05, 4.69) is 162 Å². The highest BCUT2D eigenvalue weighted by Crippen LogP contribution is 2.55. The van der Waals surface area contributed by atoms with Crippen LogP contribution in [0.5, 0.6) is 0 Å². The number of benzene rings is 7. The van der Waals surface area contributed by atoms with Gasteiger partial charge in [0.05, 0.1) is 0 Å². The van der Waals surface area contributed by atoms with Crippen molar-refractivity contribution in [3.8, 4) is 44.5 Å². The molecule has 0 nitrogen and oxygen atoms in total. The lowest BCUT2D eigenvalue weighted by molar-refractivity contribution is 0.660. The van der Waals surface area contributed by atoms with Crippen molar-refractivity contribution in [3.63, 3.8) is 0 Å². The minimum atomic E-state index is -0.0982. The third-order valence-electron chi connectivity index (χ3n) is 10.9. The third kappa shape index (κ3) is 3.49. The fourth-order valence-corrected chi connectivity index (χ4v) is 8.81. The SMILES string of the molecule is Cc1ccc2c(-c3ccc4c(c3)C(C)(C)c3ccccc3-4)c3ccccc3c(-c3cccc4c3C(C)(C)c3ccccc3-4)c2c1. The summed E-state index contributed by atoms with van der Waals surface area (Å²) in [6, 6.07) is 48.2. The predicted octanol–water partition coefficient (Wildman–Crippen LogP) is 12.2. The Hall–Kier alpha value is -4.94. The Morgan fingerprint density at radius 3 is 1.69 bits per heavy atom. The second-order valence-corrected chi connectivity index (χ2v) is 14.2. The van der Waals surface area contributed by atoms with Crippen LogP contribution in [0.1, 0.15) is 55.5 Å². The van der Waals surface area contributed by atoms with Gasteiger partial charge in [-0.15, -0.1) is 0 Å². The maximum Gasteiger partial charge on any atom is 0.0165 e. The highest BCUT2D eigenvalue weighted by atomic mass is 14.4. The molecule has 0 bridgehead atoms. The molecule has 45 heavy (non-hydrogen) atoms. The average molecular weight is 577 g/mol. The van der Waals surface area contributed by atoms with Gasteiger partial charge >= 0.3 is 0 Å². The fraction of sp³-hybridized carbons (Fsp3) is 0.156. The van der Waals surface area contributed by atoms with Crippen molar-refractivity contribution in [2.24, 2.45) is 0 Å². The molecule has 0 saturated heterocycles. The molecule has 7 aromatic rings. The molecule has 0 radical (unpaired) electrons. The van der Waals surface area contributed by atoms with Crippen LogP contribution in [0.2, 0.25) is 0 Å². The number of hydrogen-bond donors (Lipinski definition) is 0. The molecule has 0 aliphatic heterocycles. The third-order valence-corrected chi connectivity index (χ3v) is 10.9. The van der Waals surface area contributed by atoms with E-state index in [1.807, 2.05) is 0 Å². The average Bonchev–Trinajstić information content (AvgIpc) is 3.43. The van der Waals surface area contributed by atoms with Crippen LogP contribution in [0.25, 0.3) is 66.1 Å². The fourth-order valence-electron chi connectivity index (χ4n) is 8.81. The predicted molar refractivity (Wildman–Crippen MR) is 192 cm³/mol. The number of rotatable bonds is 2. The summed E-state index contributed by atoms with van der Waals surface area (Å²) in [5, 5.41) is 5.26. The minimum Gasteiger partial charge on any atom is -0.0619 e.